The number of hydrogen-bond donors (Lipinski definition) is 0. The summed E-state index contributed by atoms with van der Waals surface area (Å²) in [5, 5.41) is 0. The highest BCUT2D eigenvalue weighted by atomic mass is 16.5. The first-order valence-electron chi connectivity index (χ1n) is 8.52. The third kappa shape index (κ3) is 4.01. The average molecular weight is 302 g/mol. The number of likely N-dealkylation sites (tertiary alicyclic amines) is 2. The standard InChI is InChI=1S/C18H26N2O2/c21-18(20-10-5-2-6-11-20)16-9-12-19(15-16)13-14-22-17-7-3-1-4-8-17/h1,3-4,7-8,16H,2,5-6,9-15H2. The molecule has 22 heavy (non-hydrogen) atoms. The van der Waals surface area contributed by atoms with E-state index in [4.69, 9.17) is 4.74 Å². The Morgan fingerprint density at radius 1 is 1.09 bits per heavy atom. The van der Waals surface area contributed by atoms with Gasteiger partial charge in [-0.15, -0.1) is 0 Å². The van der Waals surface area contributed by atoms with E-state index in [9.17, 15) is 4.79 Å². The van der Waals surface area contributed by atoms with E-state index in [2.05, 4.69) is 9.80 Å². The first kappa shape index (κ1) is 15.3. The molecule has 1 amide bonds. The lowest BCUT2D eigenvalue weighted by Gasteiger charge is -2.29. The van der Waals surface area contributed by atoms with Crippen molar-refractivity contribution in [2.24, 2.45) is 5.92 Å². The number of benzene rings is 1. The van der Waals surface area contributed by atoms with Crippen molar-refractivity contribution >= 4 is 5.91 Å². The Morgan fingerprint density at radius 3 is 2.64 bits per heavy atom. The van der Waals surface area contributed by atoms with Crippen LogP contribution in [0.4, 0.5) is 0 Å². The summed E-state index contributed by atoms with van der Waals surface area (Å²) >= 11 is 0. The van der Waals surface area contributed by atoms with E-state index < -0.39 is 0 Å². The molecule has 2 fully saturated rings. The minimum absolute atomic E-state index is 0.204. The minimum atomic E-state index is 0.204. The molecule has 0 bridgehead atoms. The van der Waals surface area contributed by atoms with Gasteiger partial charge in [0.1, 0.15) is 12.4 Å². The number of hydrogen-bond acceptors (Lipinski definition) is 3. The Morgan fingerprint density at radius 2 is 1.86 bits per heavy atom. The minimum Gasteiger partial charge on any atom is -0.492 e. The molecule has 1 unspecified atom stereocenters. The van der Waals surface area contributed by atoms with E-state index in [1.165, 1.54) is 19.3 Å². The van der Waals surface area contributed by atoms with Crippen molar-refractivity contribution in [3.05, 3.63) is 30.3 Å². The molecule has 0 N–H and O–H groups in total. The van der Waals surface area contributed by atoms with Gasteiger partial charge in [-0.1, -0.05) is 18.2 Å². The molecule has 1 aromatic carbocycles. The molecule has 4 nitrogen and oxygen atoms in total. The van der Waals surface area contributed by atoms with Crippen molar-refractivity contribution in [3.8, 4) is 5.75 Å². The molecule has 0 aromatic heterocycles. The van der Waals surface area contributed by atoms with Gasteiger partial charge in [0.15, 0.2) is 0 Å². The van der Waals surface area contributed by atoms with Crippen molar-refractivity contribution < 1.29 is 9.53 Å². The summed E-state index contributed by atoms with van der Waals surface area (Å²) < 4.78 is 5.74. The normalized spacial score (nSPS) is 22.7. The second kappa shape index (κ2) is 7.63. The lowest BCUT2D eigenvalue weighted by atomic mass is 10.0. The predicted octanol–water partition coefficient (Wildman–Crippen LogP) is 2.40. The lowest BCUT2D eigenvalue weighted by molar-refractivity contribution is -0.136. The number of piperidine rings is 1. The second-order valence-electron chi connectivity index (χ2n) is 6.33. The molecular weight excluding hydrogens is 276 g/mol. The van der Waals surface area contributed by atoms with Crippen LogP contribution in [0.3, 0.4) is 0 Å². The van der Waals surface area contributed by atoms with Crippen molar-refractivity contribution in [2.45, 2.75) is 25.7 Å². The van der Waals surface area contributed by atoms with Crippen molar-refractivity contribution in [1.82, 2.24) is 9.80 Å². The molecule has 2 saturated heterocycles. The van der Waals surface area contributed by atoms with Gasteiger partial charge in [-0.25, -0.2) is 0 Å². The van der Waals surface area contributed by atoms with E-state index in [0.29, 0.717) is 12.5 Å². The fourth-order valence-corrected chi connectivity index (χ4v) is 3.42. The van der Waals surface area contributed by atoms with Crippen LogP contribution in [0.2, 0.25) is 0 Å². The zero-order chi connectivity index (χ0) is 15.2. The van der Waals surface area contributed by atoms with Crippen LogP contribution in [-0.2, 0) is 4.79 Å². The molecule has 3 rings (SSSR count). The third-order valence-electron chi connectivity index (χ3n) is 4.71. The number of carbonyl (C=O) groups excluding carboxylic acids is 1. The van der Waals surface area contributed by atoms with Gasteiger partial charge in [0, 0.05) is 26.2 Å². The van der Waals surface area contributed by atoms with Crippen LogP contribution in [0.1, 0.15) is 25.7 Å². The highest BCUT2D eigenvalue weighted by Gasteiger charge is 2.31. The molecule has 1 aromatic rings. The summed E-state index contributed by atoms with van der Waals surface area (Å²) in [5.41, 5.74) is 0. The Bertz CT molecular complexity index is 471. The maximum absolute atomic E-state index is 12.5. The van der Waals surface area contributed by atoms with Gasteiger partial charge in [0.2, 0.25) is 5.91 Å². The average Bonchev–Trinajstić information content (AvgIpc) is 3.05. The van der Waals surface area contributed by atoms with Crippen LogP contribution in [-0.4, -0.2) is 55.0 Å². The Kier molecular flexibility index (Phi) is 5.33. The summed E-state index contributed by atoms with van der Waals surface area (Å²) in [6.07, 6.45) is 4.62. The zero-order valence-electron chi connectivity index (χ0n) is 13.2. The molecule has 4 heteroatoms. The van der Waals surface area contributed by atoms with E-state index in [-0.39, 0.29) is 5.92 Å². The van der Waals surface area contributed by atoms with Gasteiger partial charge >= 0.3 is 0 Å². The predicted molar refractivity (Wildman–Crippen MR) is 86.9 cm³/mol. The van der Waals surface area contributed by atoms with E-state index in [1.54, 1.807) is 0 Å². The highest BCUT2D eigenvalue weighted by molar-refractivity contribution is 5.79. The number of ether oxygens (including phenoxy) is 1. The zero-order valence-corrected chi connectivity index (χ0v) is 13.2. The van der Waals surface area contributed by atoms with E-state index in [0.717, 1.165) is 44.9 Å². The molecule has 2 aliphatic heterocycles. The van der Waals surface area contributed by atoms with E-state index >= 15 is 0 Å². The van der Waals surface area contributed by atoms with Gasteiger partial charge in [-0.3, -0.25) is 9.69 Å². The monoisotopic (exact) mass is 302 g/mol. The van der Waals surface area contributed by atoms with Crippen LogP contribution >= 0.6 is 0 Å². The molecule has 120 valence electrons. The number of rotatable bonds is 5. The number of para-hydroxylation sites is 1. The molecule has 0 saturated carbocycles. The SMILES string of the molecule is O=C(C1CCN(CCOc2ccccc2)C1)N1CCCCC1. The summed E-state index contributed by atoms with van der Waals surface area (Å²) in [4.78, 5) is 16.9. The smallest absolute Gasteiger partial charge is 0.227 e. The summed E-state index contributed by atoms with van der Waals surface area (Å²) in [7, 11) is 0. The highest BCUT2D eigenvalue weighted by Crippen LogP contribution is 2.21. The van der Waals surface area contributed by atoms with Gasteiger partial charge < -0.3 is 9.64 Å². The summed E-state index contributed by atoms with van der Waals surface area (Å²) in [6.45, 7) is 5.43. The second-order valence-corrected chi connectivity index (χ2v) is 6.33. The maximum atomic E-state index is 12.5. The molecular formula is C18H26N2O2. The number of carbonyl (C=O) groups is 1. The maximum Gasteiger partial charge on any atom is 0.227 e. The van der Waals surface area contributed by atoms with Crippen molar-refractivity contribution in [3.63, 3.8) is 0 Å². The first-order chi connectivity index (χ1) is 10.8. The van der Waals surface area contributed by atoms with Crippen LogP contribution in [0.15, 0.2) is 30.3 Å². The Balaban J connectivity index is 1.39. The topological polar surface area (TPSA) is 32.8 Å². The van der Waals surface area contributed by atoms with Gasteiger partial charge in [0.05, 0.1) is 5.92 Å². The molecule has 0 spiro atoms. The summed E-state index contributed by atoms with van der Waals surface area (Å²) in [5.74, 6) is 1.50. The van der Waals surface area contributed by atoms with Gasteiger partial charge in [0.25, 0.3) is 0 Å². The van der Waals surface area contributed by atoms with Crippen LogP contribution in [0.25, 0.3) is 0 Å². The van der Waals surface area contributed by atoms with Crippen molar-refractivity contribution in [1.29, 1.82) is 0 Å². The molecule has 2 aliphatic rings. The van der Waals surface area contributed by atoms with Crippen LogP contribution in [0.5, 0.6) is 5.75 Å². The molecule has 1 atom stereocenters. The van der Waals surface area contributed by atoms with Crippen molar-refractivity contribution in [2.75, 3.05) is 39.3 Å². The number of amides is 1. The fraction of sp³-hybridized carbons (Fsp3) is 0.611. The van der Waals surface area contributed by atoms with Gasteiger partial charge in [-0.2, -0.15) is 0 Å². The fourth-order valence-electron chi connectivity index (χ4n) is 3.42. The Labute approximate surface area is 133 Å². The largest absolute Gasteiger partial charge is 0.492 e. The number of nitrogens with zero attached hydrogens (tertiary/aromatic N) is 2. The molecule has 2 heterocycles. The molecule has 0 aliphatic carbocycles. The van der Waals surface area contributed by atoms with Crippen LogP contribution < -0.4 is 4.74 Å². The lowest BCUT2D eigenvalue weighted by Crippen LogP contribution is -2.40. The Hall–Kier alpha value is -1.55. The van der Waals surface area contributed by atoms with Gasteiger partial charge in [-0.05, 0) is 44.4 Å². The van der Waals surface area contributed by atoms with Crippen LogP contribution in [0, 0.1) is 5.92 Å². The first-order valence-corrected chi connectivity index (χ1v) is 8.52. The van der Waals surface area contributed by atoms with E-state index in [1.807, 2.05) is 30.3 Å². The third-order valence-corrected chi connectivity index (χ3v) is 4.71. The summed E-state index contributed by atoms with van der Waals surface area (Å²) in [6, 6.07) is 9.92. The molecule has 0 radical (unpaired) electrons. The quantitative estimate of drug-likeness (QED) is 0.837.